The molecule has 0 aliphatic rings. The number of benzene rings is 3. The number of aryl methyl sites for hydroxylation is 2. The summed E-state index contributed by atoms with van der Waals surface area (Å²) < 4.78 is 0. The SMILES string of the molecule is C=CCc1ccc(CCCC)cc1.C=CCc1ccc(Cc2ccc(C)cc2)cc1. The molecule has 0 heteroatoms. The Morgan fingerprint density at radius 2 is 1.00 bits per heavy atom. The average molecular weight is 397 g/mol. The van der Waals surface area contributed by atoms with E-state index in [2.05, 4.69) is 99.8 Å². The first-order chi connectivity index (χ1) is 14.6. The molecule has 3 aromatic rings. The van der Waals surface area contributed by atoms with Crippen LogP contribution in [0.5, 0.6) is 0 Å². The van der Waals surface area contributed by atoms with Gasteiger partial charge in [-0.25, -0.2) is 0 Å². The van der Waals surface area contributed by atoms with Crippen molar-refractivity contribution in [2.24, 2.45) is 0 Å². The molecule has 0 aliphatic carbocycles. The quantitative estimate of drug-likeness (QED) is 0.321. The smallest absolute Gasteiger partial charge is 0.00258 e. The molecule has 0 heterocycles. The van der Waals surface area contributed by atoms with Crippen LogP contribution in [0.4, 0.5) is 0 Å². The zero-order valence-corrected chi connectivity index (χ0v) is 18.7. The molecule has 0 bridgehead atoms. The second kappa shape index (κ2) is 13.4. The van der Waals surface area contributed by atoms with Crippen LogP contribution in [-0.4, -0.2) is 0 Å². The molecule has 0 saturated heterocycles. The number of unbranched alkanes of at least 4 members (excludes halogenated alkanes) is 1. The van der Waals surface area contributed by atoms with E-state index < -0.39 is 0 Å². The minimum absolute atomic E-state index is 0.949. The van der Waals surface area contributed by atoms with Gasteiger partial charge >= 0.3 is 0 Å². The van der Waals surface area contributed by atoms with Crippen LogP contribution in [0.3, 0.4) is 0 Å². The molecule has 0 aromatic heterocycles. The largest absolute Gasteiger partial charge is 0.103 e. The Morgan fingerprint density at radius 1 is 0.600 bits per heavy atom. The lowest BCUT2D eigenvalue weighted by Crippen LogP contribution is -1.89. The Kier molecular flexibility index (Phi) is 10.4. The maximum absolute atomic E-state index is 3.75. The van der Waals surface area contributed by atoms with E-state index in [9.17, 15) is 0 Å². The monoisotopic (exact) mass is 396 g/mol. The third-order valence-electron chi connectivity index (χ3n) is 5.15. The molecule has 0 nitrogen and oxygen atoms in total. The van der Waals surface area contributed by atoms with Gasteiger partial charge in [0.1, 0.15) is 0 Å². The van der Waals surface area contributed by atoms with Crippen LogP contribution in [0.1, 0.15) is 53.1 Å². The van der Waals surface area contributed by atoms with Crippen LogP contribution < -0.4 is 0 Å². The van der Waals surface area contributed by atoms with Gasteiger partial charge in [0.2, 0.25) is 0 Å². The van der Waals surface area contributed by atoms with E-state index in [1.54, 1.807) is 0 Å². The van der Waals surface area contributed by atoms with Crippen molar-refractivity contribution in [3.05, 3.63) is 131 Å². The standard InChI is InChI=1S/C17H18.C13H18/c1-3-4-15-9-11-17(12-10-15)13-16-7-5-14(2)6-8-16;1-3-5-7-13-10-8-12(6-4-2)9-11-13/h3,5-12H,1,4,13H2,2H3;4,8-11H,2-3,5-7H2,1H3. The van der Waals surface area contributed by atoms with Crippen molar-refractivity contribution in [2.45, 2.75) is 52.4 Å². The van der Waals surface area contributed by atoms with Gasteiger partial charge in [0.05, 0.1) is 0 Å². The molecule has 0 spiro atoms. The van der Waals surface area contributed by atoms with Gasteiger partial charge in [-0.1, -0.05) is 104 Å². The average Bonchev–Trinajstić information content (AvgIpc) is 2.77. The fraction of sp³-hybridized carbons (Fsp3) is 0.267. The Hall–Kier alpha value is -2.86. The molecule has 0 unspecified atom stereocenters. The van der Waals surface area contributed by atoms with Gasteiger partial charge in [0.15, 0.2) is 0 Å². The van der Waals surface area contributed by atoms with E-state index in [-0.39, 0.29) is 0 Å². The van der Waals surface area contributed by atoms with Gasteiger partial charge in [0, 0.05) is 0 Å². The van der Waals surface area contributed by atoms with E-state index in [0.29, 0.717) is 0 Å². The molecule has 156 valence electrons. The topological polar surface area (TPSA) is 0 Å². The molecule has 0 aliphatic heterocycles. The summed E-state index contributed by atoms with van der Waals surface area (Å²) in [5.41, 5.74) is 8.18. The second-order valence-electron chi connectivity index (χ2n) is 7.88. The third-order valence-corrected chi connectivity index (χ3v) is 5.15. The van der Waals surface area contributed by atoms with Crippen molar-refractivity contribution in [1.82, 2.24) is 0 Å². The number of hydrogen-bond donors (Lipinski definition) is 0. The molecule has 0 atom stereocenters. The van der Waals surface area contributed by atoms with E-state index in [1.807, 2.05) is 12.2 Å². The maximum atomic E-state index is 3.75. The number of allylic oxidation sites excluding steroid dienone is 2. The Morgan fingerprint density at radius 3 is 1.43 bits per heavy atom. The second-order valence-corrected chi connectivity index (χ2v) is 7.88. The first-order valence-corrected chi connectivity index (χ1v) is 11.1. The molecule has 0 saturated carbocycles. The van der Waals surface area contributed by atoms with Crippen LogP contribution in [0.2, 0.25) is 0 Å². The molecule has 30 heavy (non-hydrogen) atoms. The summed E-state index contributed by atoms with van der Waals surface area (Å²) in [5.74, 6) is 0. The van der Waals surface area contributed by atoms with E-state index in [1.165, 1.54) is 52.6 Å². The van der Waals surface area contributed by atoms with Crippen molar-refractivity contribution in [3.63, 3.8) is 0 Å². The summed E-state index contributed by atoms with van der Waals surface area (Å²) in [5, 5.41) is 0. The van der Waals surface area contributed by atoms with Crippen LogP contribution in [0.25, 0.3) is 0 Å². The van der Waals surface area contributed by atoms with Crippen LogP contribution in [0, 0.1) is 6.92 Å². The fourth-order valence-electron chi connectivity index (χ4n) is 3.29. The lowest BCUT2D eigenvalue weighted by Gasteiger charge is -2.04. The van der Waals surface area contributed by atoms with Crippen LogP contribution >= 0.6 is 0 Å². The normalized spacial score (nSPS) is 10.1. The number of hydrogen-bond acceptors (Lipinski definition) is 0. The molecule has 0 fully saturated rings. The highest BCUT2D eigenvalue weighted by Crippen LogP contribution is 2.12. The number of rotatable bonds is 9. The van der Waals surface area contributed by atoms with Gasteiger partial charge in [-0.15, -0.1) is 13.2 Å². The summed E-state index contributed by atoms with van der Waals surface area (Å²) in [6.45, 7) is 11.8. The summed E-state index contributed by atoms with van der Waals surface area (Å²) in [7, 11) is 0. The molecular weight excluding hydrogens is 360 g/mol. The highest BCUT2D eigenvalue weighted by Gasteiger charge is 1.97. The summed E-state index contributed by atoms with van der Waals surface area (Å²) in [6, 6.07) is 26.4. The van der Waals surface area contributed by atoms with Crippen LogP contribution in [-0.2, 0) is 25.7 Å². The van der Waals surface area contributed by atoms with Gasteiger partial charge in [-0.2, -0.15) is 0 Å². The van der Waals surface area contributed by atoms with Crippen molar-refractivity contribution >= 4 is 0 Å². The molecule has 0 amide bonds. The van der Waals surface area contributed by atoms with Gasteiger partial charge in [-0.3, -0.25) is 0 Å². The molecule has 3 rings (SSSR count). The minimum atomic E-state index is 0.949. The zero-order chi connectivity index (χ0) is 21.6. The summed E-state index contributed by atoms with van der Waals surface area (Å²) in [6.07, 6.45) is 10.6. The first kappa shape index (κ1) is 23.4. The predicted octanol–water partition coefficient (Wildman–Crippen LogP) is 8.07. The minimum Gasteiger partial charge on any atom is -0.103 e. The van der Waals surface area contributed by atoms with Crippen molar-refractivity contribution in [3.8, 4) is 0 Å². The van der Waals surface area contributed by atoms with Gasteiger partial charge < -0.3 is 0 Å². The maximum Gasteiger partial charge on any atom is -0.00258 e. The Labute approximate surface area is 184 Å². The van der Waals surface area contributed by atoms with Crippen molar-refractivity contribution < 1.29 is 0 Å². The van der Waals surface area contributed by atoms with E-state index in [4.69, 9.17) is 0 Å². The third kappa shape index (κ3) is 8.66. The van der Waals surface area contributed by atoms with Gasteiger partial charge in [0.25, 0.3) is 0 Å². The molecule has 3 aromatic carbocycles. The zero-order valence-electron chi connectivity index (χ0n) is 18.7. The van der Waals surface area contributed by atoms with Crippen molar-refractivity contribution in [1.29, 1.82) is 0 Å². The summed E-state index contributed by atoms with van der Waals surface area (Å²) >= 11 is 0. The molecular formula is C30H36. The van der Waals surface area contributed by atoms with Crippen LogP contribution in [0.15, 0.2) is 98.1 Å². The molecule has 0 radical (unpaired) electrons. The van der Waals surface area contributed by atoms with E-state index >= 15 is 0 Å². The predicted molar refractivity (Wildman–Crippen MR) is 133 cm³/mol. The lowest BCUT2D eigenvalue weighted by atomic mass is 10.0. The first-order valence-electron chi connectivity index (χ1n) is 11.1. The van der Waals surface area contributed by atoms with Gasteiger partial charge in [-0.05, 0) is 66.8 Å². The highest BCUT2D eigenvalue weighted by molar-refractivity contribution is 5.30. The highest BCUT2D eigenvalue weighted by atomic mass is 14.0. The molecule has 0 N–H and O–H groups in total. The lowest BCUT2D eigenvalue weighted by molar-refractivity contribution is 0.795. The van der Waals surface area contributed by atoms with E-state index in [0.717, 1.165) is 19.3 Å². The summed E-state index contributed by atoms with van der Waals surface area (Å²) in [4.78, 5) is 0. The van der Waals surface area contributed by atoms with Crippen molar-refractivity contribution in [2.75, 3.05) is 0 Å². The Bertz CT molecular complexity index is 865. The fourth-order valence-corrected chi connectivity index (χ4v) is 3.29. The Balaban J connectivity index is 0.000000222.